The molecule has 0 N–H and O–H groups in total. The van der Waals surface area contributed by atoms with E-state index in [1.807, 2.05) is 0 Å². The summed E-state index contributed by atoms with van der Waals surface area (Å²) in [6.45, 7) is 4.68. The lowest BCUT2D eigenvalue weighted by Crippen LogP contribution is -2.05. The molecule has 15 heavy (non-hydrogen) atoms. The van der Waals surface area contributed by atoms with Crippen molar-refractivity contribution in [3.8, 4) is 0 Å². The molecule has 0 heterocycles. The molecule has 0 fully saturated rings. The van der Waals surface area contributed by atoms with Crippen molar-refractivity contribution in [2.45, 2.75) is 39.5 Å². The third kappa shape index (κ3) is 1.27. The first kappa shape index (κ1) is 9.21. The lowest BCUT2D eigenvalue weighted by Gasteiger charge is -2.20. The molecule has 0 radical (unpaired) electrons. The normalized spacial score (nSPS) is 29.2. The Morgan fingerprint density at radius 1 is 1.33 bits per heavy atom. The number of fused-ring (bicyclic) bond motifs is 2. The van der Waals surface area contributed by atoms with Gasteiger partial charge in [-0.1, -0.05) is 30.7 Å². The van der Waals surface area contributed by atoms with Crippen LogP contribution < -0.4 is 0 Å². The van der Waals surface area contributed by atoms with Crippen molar-refractivity contribution >= 4 is 0 Å². The molecule has 78 valence electrons. The van der Waals surface area contributed by atoms with E-state index in [-0.39, 0.29) is 0 Å². The van der Waals surface area contributed by atoms with Gasteiger partial charge in [-0.15, -0.1) is 0 Å². The van der Waals surface area contributed by atoms with Gasteiger partial charge in [0.25, 0.3) is 0 Å². The smallest absolute Gasteiger partial charge is 0.00175 e. The van der Waals surface area contributed by atoms with Crippen LogP contribution in [0.25, 0.3) is 0 Å². The zero-order valence-electron chi connectivity index (χ0n) is 9.64. The fraction of sp³-hybridized carbons (Fsp3) is 0.467. The molecule has 0 aromatic carbocycles. The maximum atomic E-state index is 2.47. The third-order valence-corrected chi connectivity index (χ3v) is 4.01. The molecule has 0 aromatic rings. The summed E-state index contributed by atoms with van der Waals surface area (Å²) in [5.74, 6) is 0.736. The number of rotatable bonds is 0. The number of allylic oxidation sites excluding steroid dienone is 8. The number of hydrogen-bond donors (Lipinski definition) is 0. The van der Waals surface area contributed by atoms with Crippen LogP contribution in [0.1, 0.15) is 39.5 Å². The van der Waals surface area contributed by atoms with E-state index in [1.165, 1.54) is 25.7 Å². The van der Waals surface area contributed by atoms with Crippen molar-refractivity contribution in [3.63, 3.8) is 0 Å². The molecule has 1 unspecified atom stereocenters. The monoisotopic (exact) mass is 198 g/mol. The van der Waals surface area contributed by atoms with Gasteiger partial charge in [0, 0.05) is 0 Å². The second kappa shape index (κ2) is 3.23. The first-order chi connectivity index (χ1) is 7.27. The lowest BCUT2D eigenvalue weighted by molar-refractivity contribution is 0.692. The highest BCUT2D eigenvalue weighted by Gasteiger charge is 2.30. The first-order valence-electron chi connectivity index (χ1n) is 6.06. The van der Waals surface area contributed by atoms with Gasteiger partial charge in [-0.2, -0.15) is 0 Å². The molecule has 3 aliphatic carbocycles. The SMILES string of the molecule is CC1=C2CC3=C(C2=CCC1)C(C)CC=C3. The average Bonchev–Trinajstić information content (AvgIpc) is 2.59. The van der Waals surface area contributed by atoms with Crippen LogP contribution in [0.3, 0.4) is 0 Å². The van der Waals surface area contributed by atoms with E-state index >= 15 is 0 Å². The predicted molar refractivity (Wildman–Crippen MR) is 64.6 cm³/mol. The summed E-state index contributed by atoms with van der Waals surface area (Å²) in [6.07, 6.45) is 12.1. The summed E-state index contributed by atoms with van der Waals surface area (Å²) < 4.78 is 0. The Morgan fingerprint density at radius 2 is 2.20 bits per heavy atom. The molecule has 0 amide bonds. The summed E-state index contributed by atoms with van der Waals surface area (Å²) in [4.78, 5) is 0. The Hall–Kier alpha value is -1.04. The van der Waals surface area contributed by atoms with E-state index in [2.05, 4.69) is 32.1 Å². The quantitative estimate of drug-likeness (QED) is 0.544. The van der Waals surface area contributed by atoms with Crippen molar-refractivity contribution in [1.29, 1.82) is 0 Å². The van der Waals surface area contributed by atoms with Crippen LogP contribution in [0.5, 0.6) is 0 Å². The Morgan fingerprint density at radius 3 is 3.07 bits per heavy atom. The summed E-state index contributed by atoms with van der Waals surface area (Å²) >= 11 is 0. The van der Waals surface area contributed by atoms with Crippen LogP contribution in [0, 0.1) is 5.92 Å². The lowest BCUT2D eigenvalue weighted by atomic mass is 9.84. The van der Waals surface area contributed by atoms with E-state index in [9.17, 15) is 0 Å². The fourth-order valence-corrected chi connectivity index (χ4v) is 3.18. The molecule has 0 saturated heterocycles. The van der Waals surface area contributed by atoms with Gasteiger partial charge >= 0.3 is 0 Å². The van der Waals surface area contributed by atoms with Gasteiger partial charge in [0.1, 0.15) is 0 Å². The summed E-state index contributed by atoms with van der Waals surface area (Å²) in [5.41, 5.74) is 8.13. The molecule has 0 aliphatic heterocycles. The summed E-state index contributed by atoms with van der Waals surface area (Å²) in [5, 5.41) is 0. The molecular weight excluding hydrogens is 180 g/mol. The van der Waals surface area contributed by atoms with E-state index in [4.69, 9.17) is 0 Å². The summed E-state index contributed by atoms with van der Waals surface area (Å²) in [6, 6.07) is 0. The molecule has 0 nitrogen and oxygen atoms in total. The van der Waals surface area contributed by atoms with E-state index in [1.54, 1.807) is 27.9 Å². The molecule has 1 atom stereocenters. The molecule has 0 heteroatoms. The van der Waals surface area contributed by atoms with Gasteiger partial charge in [-0.05, 0) is 60.8 Å². The molecule has 3 rings (SSSR count). The molecular formula is C15H18. The minimum absolute atomic E-state index is 0.736. The van der Waals surface area contributed by atoms with E-state index < -0.39 is 0 Å². The van der Waals surface area contributed by atoms with Crippen LogP contribution >= 0.6 is 0 Å². The highest BCUT2D eigenvalue weighted by Crippen LogP contribution is 2.47. The van der Waals surface area contributed by atoms with Crippen LogP contribution in [-0.4, -0.2) is 0 Å². The minimum Gasteiger partial charge on any atom is -0.0836 e. The zero-order valence-corrected chi connectivity index (χ0v) is 9.64. The fourth-order valence-electron chi connectivity index (χ4n) is 3.18. The van der Waals surface area contributed by atoms with Crippen molar-refractivity contribution in [2.75, 3.05) is 0 Å². The van der Waals surface area contributed by atoms with Gasteiger partial charge in [0.15, 0.2) is 0 Å². The second-order valence-electron chi connectivity index (χ2n) is 5.07. The van der Waals surface area contributed by atoms with Gasteiger partial charge in [0.05, 0.1) is 0 Å². The Labute approximate surface area is 92.1 Å². The average molecular weight is 198 g/mol. The molecule has 0 bridgehead atoms. The largest absolute Gasteiger partial charge is 0.0836 e. The van der Waals surface area contributed by atoms with E-state index in [0.29, 0.717) is 0 Å². The zero-order chi connectivity index (χ0) is 10.4. The first-order valence-corrected chi connectivity index (χ1v) is 6.06. The predicted octanol–water partition coefficient (Wildman–Crippen LogP) is 4.32. The van der Waals surface area contributed by atoms with Crippen molar-refractivity contribution in [1.82, 2.24) is 0 Å². The molecule has 0 saturated carbocycles. The van der Waals surface area contributed by atoms with Crippen molar-refractivity contribution < 1.29 is 0 Å². The molecule has 0 spiro atoms. The van der Waals surface area contributed by atoms with E-state index in [0.717, 1.165) is 5.92 Å². The van der Waals surface area contributed by atoms with Crippen LogP contribution in [0.15, 0.2) is 46.1 Å². The summed E-state index contributed by atoms with van der Waals surface area (Å²) in [7, 11) is 0. The maximum Gasteiger partial charge on any atom is -0.00175 e. The highest BCUT2D eigenvalue weighted by atomic mass is 14.3. The Bertz CT molecular complexity index is 427. The Kier molecular flexibility index (Phi) is 1.98. The van der Waals surface area contributed by atoms with Crippen molar-refractivity contribution in [3.05, 3.63) is 46.1 Å². The highest BCUT2D eigenvalue weighted by molar-refractivity contribution is 5.63. The second-order valence-corrected chi connectivity index (χ2v) is 5.07. The van der Waals surface area contributed by atoms with Crippen LogP contribution in [-0.2, 0) is 0 Å². The van der Waals surface area contributed by atoms with Crippen LogP contribution in [0.2, 0.25) is 0 Å². The van der Waals surface area contributed by atoms with Gasteiger partial charge in [0.2, 0.25) is 0 Å². The molecule has 0 aromatic heterocycles. The van der Waals surface area contributed by atoms with Gasteiger partial charge in [-0.3, -0.25) is 0 Å². The molecule has 3 aliphatic rings. The maximum absolute atomic E-state index is 2.47. The van der Waals surface area contributed by atoms with Crippen LogP contribution in [0.4, 0.5) is 0 Å². The topological polar surface area (TPSA) is 0 Å². The standard InChI is InChI=1S/C15H18/c1-10-5-4-8-13-14(10)9-12-7-3-6-11(2)15(12)13/h3,7-8,11H,4-6,9H2,1-2H3. The van der Waals surface area contributed by atoms with Gasteiger partial charge < -0.3 is 0 Å². The number of hydrogen-bond acceptors (Lipinski definition) is 0. The third-order valence-electron chi connectivity index (χ3n) is 4.01. The minimum atomic E-state index is 0.736. The Balaban J connectivity index is 2.12. The van der Waals surface area contributed by atoms with Crippen molar-refractivity contribution in [2.24, 2.45) is 5.92 Å². The van der Waals surface area contributed by atoms with Gasteiger partial charge in [-0.25, -0.2) is 0 Å².